The van der Waals surface area contributed by atoms with Crippen molar-refractivity contribution in [1.82, 2.24) is 0 Å². The number of benzene rings is 1. The van der Waals surface area contributed by atoms with Gasteiger partial charge in [0.2, 0.25) is 0 Å². The van der Waals surface area contributed by atoms with Crippen molar-refractivity contribution in [2.45, 2.75) is 6.04 Å². The van der Waals surface area contributed by atoms with Gasteiger partial charge < -0.3 is 10.1 Å². The van der Waals surface area contributed by atoms with E-state index >= 15 is 0 Å². The van der Waals surface area contributed by atoms with Crippen LogP contribution < -0.4 is 5.32 Å². The van der Waals surface area contributed by atoms with Crippen molar-refractivity contribution in [3.8, 4) is 0 Å². The molecule has 1 aliphatic heterocycles. The normalized spacial score (nSPS) is 19.0. The summed E-state index contributed by atoms with van der Waals surface area (Å²) in [6.07, 6.45) is 2.39. The third-order valence-corrected chi connectivity index (χ3v) is 2.41. The average Bonchev–Trinajstić information content (AvgIpc) is 2.16. The van der Waals surface area contributed by atoms with Crippen molar-refractivity contribution in [2.75, 3.05) is 5.32 Å². The number of carbonyl (C=O) groups is 1. The Labute approximate surface area is 84.0 Å². The van der Waals surface area contributed by atoms with Crippen LogP contribution in [0.5, 0.6) is 0 Å². The lowest BCUT2D eigenvalue weighted by Gasteiger charge is -2.16. The summed E-state index contributed by atoms with van der Waals surface area (Å²) in [7, 11) is 0. The lowest BCUT2D eigenvalue weighted by molar-refractivity contribution is -0.108. The number of anilines is 1. The van der Waals surface area contributed by atoms with Crippen molar-refractivity contribution >= 4 is 34.2 Å². The van der Waals surface area contributed by atoms with Crippen LogP contribution in [0, 0.1) is 0 Å². The number of aldehydes is 1. The first kappa shape index (κ1) is 8.44. The molecule has 0 aliphatic carbocycles. The van der Waals surface area contributed by atoms with E-state index in [1.54, 1.807) is 6.34 Å². The van der Waals surface area contributed by atoms with Crippen LogP contribution in [0.15, 0.2) is 27.7 Å². The number of hydrogen-bond donors (Lipinski definition) is 1. The Kier molecular flexibility index (Phi) is 2.14. The highest BCUT2D eigenvalue weighted by Gasteiger charge is 2.15. The molecule has 1 N–H and O–H groups in total. The van der Waals surface area contributed by atoms with Crippen LogP contribution in [0.3, 0.4) is 0 Å². The molecule has 0 radical (unpaired) electrons. The fourth-order valence-corrected chi connectivity index (χ4v) is 1.65. The standard InChI is InChI=1S/C9H7BrN2O/c10-6-1-2-7-8(3-6)11-5-12-9(7)4-13/h1-5,9H,(H,11,12). The zero-order valence-electron chi connectivity index (χ0n) is 6.70. The number of carbonyl (C=O) groups excluding carboxylic acids is 1. The minimum absolute atomic E-state index is 0.357. The molecule has 1 atom stereocenters. The quantitative estimate of drug-likeness (QED) is 0.763. The van der Waals surface area contributed by atoms with E-state index in [2.05, 4.69) is 26.2 Å². The molecule has 0 aromatic heterocycles. The molecule has 4 heteroatoms. The summed E-state index contributed by atoms with van der Waals surface area (Å²) in [6, 6.07) is 5.36. The van der Waals surface area contributed by atoms with E-state index in [0.717, 1.165) is 22.0 Å². The maximum atomic E-state index is 10.7. The lowest BCUT2D eigenvalue weighted by atomic mass is 10.1. The van der Waals surface area contributed by atoms with Crippen molar-refractivity contribution in [1.29, 1.82) is 0 Å². The van der Waals surface area contributed by atoms with Gasteiger partial charge in [0.25, 0.3) is 0 Å². The first-order chi connectivity index (χ1) is 6.31. The van der Waals surface area contributed by atoms with E-state index in [1.165, 1.54) is 0 Å². The highest BCUT2D eigenvalue weighted by atomic mass is 79.9. The van der Waals surface area contributed by atoms with E-state index in [9.17, 15) is 4.79 Å². The third-order valence-electron chi connectivity index (χ3n) is 1.92. The molecule has 2 rings (SSSR count). The van der Waals surface area contributed by atoms with Crippen LogP contribution in [-0.4, -0.2) is 12.6 Å². The Morgan fingerprint density at radius 1 is 1.54 bits per heavy atom. The molecule has 1 aromatic carbocycles. The molecule has 13 heavy (non-hydrogen) atoms. The van der Waals surface area contributed by atoms with Crippen LogP contribution >= 0.6 is 15.9 Å². The topological polar surface area (TPSA) is 41.5 Å². The second kappa shape index (κ2) is 3.30. The summed E-state index contributed by atoms with van der Waals surface area (Å²) in [5, 5.41) is 2.99. The number of rotatable bonds is 1. The summed E-state index contributed by atoms with van der Waals surface area (Å²) in [5.74, 6) is 0. The van der Waals surface area contributed by atoms with Gasteiger partial charge in [-0.2, -0.15) is 0 Å². The molecule has 0 saturated heterocycles. The Balaban J connectivity index is 2.50. The molecular formula is C9H7BrN2O. The fourth-order valence-electron chi connectivity index (χ4n) is 1.29. The van der Waals surface area contributed by atoms with Gasteiger partial charge in [-0.1, -0.05) is 22.0 Å². The van der Waals surface area contributed by atoms with Crippen molar-refractivity contribution in [2.24, 2.45) is 4.99 Å². The predicted octanol–water partition coefficient (Wildman–Crippen LogP) is 2.14. The number of hydrogen-bond acceptors (Lipinski definition) is 3. The summed E-state index contributed by atoms with van der Waals surface area (Å²) < 4.78 is 0.985. The summed E-state index contributed by atoms with van der Waals surface area (Å²) >= 11 is 3.36. The minimum Gasteiger partial charge on any atom is -0.346 e. The number of halogens is 1. The van der Waals surface area contributed by atoms with Crippen LogP contribution in [-0.2, 0) is 4.79 Å². The van der Waals surface area contributed by atoms with Gasteiger partial charge in [0.1, 0.15) is 12.3 Å². The molecule has 66 valence electrons. The van der Waals surface area contributed by atoms with Gasteiger partial charge in [0.15, 0.2) is 0 Å². The van der Waals surface area contributed by atoms with Crippen molar-refractivity contribution in [3.05, 3.63) is 28.2 Å². The fraction of sp³-hybridized carbons (Fsp3) is 0.111. The smallest absolute Gasteiger partial charge is 0.149 e. The number of aliphatic imine (C=N–C) groups is 1. The first-order valence-electron chi connectivity index (χ1n) is 3.84. The molecule has 0 amide bonds. The SMILES string of the molecule is O=CC1N=CNc2cc(Br)ccc21. The van der Waals surface area contributed by atoms with E-state index in [-0.39, 0.29) is 6.04 Å². The zero-order chi connectivity index (χ0) is 9.26. The summed E-state index contributed by atoms with van der Waals surface area (Å²) in [5.41, 5.74) is 1.85. The Bertz CT molecular complexity index is 376. The highest BCUT2D eigenvalue weighted by Crippen LogP contribution is 2.29. The van der Waals surface area contributed by atoms with Gasteiger partial charge in [-0.3, -0.25) is 4.99 Å². The van der Waals surface area contributed by atoms with E-state index in [4.69, 9.17) is 0 Å². The zero-order valence-corrected chi connectivity index (χ0v) is 8.28. The molecule has 1 heterocycles. The largest absolute Gasteiger partial charge is 0.346 e. The van der Waals surface area contributed by atoms with E-state index in [0.29, 0.717) is 0 Å². The third kappa shape index (κ3) is 1.49. The van der Waals surface area contributed by atoms with Crippen LogP contribution in [0.25, 0.3) is 0 Å². The second-order valence-electron chi connectivity index (χ2n) is 2.74. The molecular weight excluding hydrogens is 232 g/mol. The summed E-state index contributed by atoms with van der Waals surface area (Å²) in [6.45, 7) is 0. The Morgan fingerprint density at radius 3 is 3.15 bits per heavy atom. The molecule has 0 spiro atoms. The molecule has 3 nitrogen and oxygen atoms in total. The predicted molar refractivity (Wildman–Crippen MR) is 55.1 cm³/mol. The summed E-state index contributed by atoms with van der Waals surface area (Å²) in [4.78, 5) is 14.7. The maximum Gasteiger partial charge on any atom is 0.149 e. The van der Waals surface area contributed by atoms with E-state index in [1.807, 2.05) is 18.2 Å². The first-order valence-corrected chi connectivity index (χ1v) is 4.63. The van der Waals surface area contributed by atoms with Gasteiger partial charge in [-0.15, -0.1) is 0 Å². The average molecular weight is 239 g/mol. The molecule has 0 fully saturated rings. The molecule has 1 aliphatic rings. The van der Waals surface area contributed by atoms with Crippen LogP contribution in [0.1, 0.15) is 11.6 Å². The van der Waals surface area contributed by atoms with Gasteiger partial charge in [0.05, 0.1) is 6.34 Å². The number of nitrogens with zero attached hydrogens (tertiary/aromatic N) is 1. The van der Waals surface area contributed by atoms with Gasteiger partial charge >= 0.3 is 0 Å². The second-order valence-corrected chi connectivity index (χ2v) is 3.65. The molecule has 0 saturated carbocycles. The van der Waals surface area contributed by atoms with Crippen LogP contribution in [0.2, 0.25) is 0 Å². The molecule has 0 bridgehead atoms. The molecule has 1 unspecified atom stereocenters. The van der Waals surface area contributed by atoms with Gasteiger partial charge in [-0.05, 0) is 12.1 Å². The van der Waals surface area contributed by atoms with Crippen molar-refractivity contribution in [3.63, 3.8) is 0 Å². The monoisotopic (exact) mass is 238 g/mol. The minimum atomic E-state index is -0.357. The van der Waals surface area contributed by atoms with E-state index < -0.39 is 0 Å². The molecule has 1 aromatic rings. The Hall–Kier alpha value is -1.16. The Morgan fingerprint density at radius 2 is 2.38 bits per heavy atom. The van der Waals surface area contributed by atoms with Crippen molar-refractivity contribution < 1.29 is 4.79 Å². The maximum absolute atomic E-state index is 10.7. The van der Waals surface area contributed by atoms with Crippen LogP contribution in [0.4, 0.5) is 5.69 Å². The number of fused-ring (bicyclic) bond motifs is 1. The van der Waals surface area contributed by atoms with Gasteiger partial charge in [0, 0.05) is 15.7 Å². The van der Waals surface area contributed by atoms with Gasteiger partial charge in [-0.25, -0.2) is 0 Å². The lowest BCUT2D eigenvalue weighted by Crippen LogP contribution is -2.10. The highest BCUT2D eigenvalue weighted by molar-refractivity contribution is 9.10. The number of nitrogens with one attached hydrogen (secondary N) is 1.